The van der Waals surface area contributed by atoms with Crippen LogP contribution in [0.3, 0.4) is 0 Å². The fourth-order valence-electron chi connectivity index (χ4n) is 1.33. The largest absolute Gasteiger partial charge is 0.374 e. The number of carbonyl (C=O) groups is 1. The van der Waals surface area contributed by atoms with Crippen LogP contribution in [0.4, 0.5) is 5.13 Å². The van der Waals surface area contributed by atoms with Gasteiger partial charge in [-0.05, 0) is 6.92 Å². The van der Waals surface area contributed by atoms with Gasteiger partial charge in [-0.25, -0.2) is 4.98 Å². The van der Waals surface area contributed by atoms with Gasteiger partial charge in [0.15, 0.2) is 5.82 Å². The van der Waals surface area contributed by atoms with Crippen molar-refractivity contribution in [3.8, 4) is 0 Å². The molecule has 0 aliphatic carbocycles. The van der Waals surface area contributed by atoms with Crippen LogP contribution in [0.15, 0.2) is 12.4 Å². The Balaban J connectivity index is 2.07. The number of imidazole rings is 1. The summed E-state index contributed by atoms with van der Waals surface area (Å²) in [6.07, 6.45) is 3.28. The minimum atomic E-state index is -0.251. The number of hydrogen-bond donors (Lipinski definition) is 2. The molecule has 0 radical (unpaired) electrons. The molecular formula is C9H12N6OS. The molecular weight excluding hydrogens is 240 g/mol. The lowest BCUT2D eigenvalue weighted by atomic mass is 10.3. The molecule has 0 aliphatic heterocycles. The molecule has 1 unspecified atom stereocenters. The van der Waals surface area contributed by atoms with Gasteiger partial charge in [-0.3, -0.25) is 4.79 Å². The Bertz CT molecular complexity index is 533. The number of anilines is 1. The fourth-order valence-corrected chi connectivity index (χ4v) is 1.94. The van der Waals surface area contributed by atoms with Gasteiger partial charge in [-0.1, -0.05) is 11.3 Å². The van der Waals surface area contributed by atoms with Crippen LogP contribution in [-0.4, -0.2) is 25.7 Å². The van der Waals surface area contributed by atoms with E-state index in [2.05, 4.69) is 20.5 Å². The van der Waals surface area contributed by atoms with Gasteiger partial charge in [-0.15, -0.1) is 10.2 Å². The molecule has 0 saturated heterocycles. The molecule has 8 heteroatoms. The number of hydrogen-bond acceptors (Lipinski definition) is 6. The van der Waals surface area contributed by atoms with Crippen LogP contribution in [0.5, 0.6) is 0 Å². The molecule has 1 atom stereocenters. The predicted molar refractivity (Wildman–Crippen MR) is 63.4 cm³/mol. The van der Waals surface area contributed by atoms with E-state index in [4.69, 9.17) is 5.73 Å². The third-order valence-electron chi connectivity index (χ3n) is 2.20. The standard InChI is InChI=1S/C9H12N6OS/c1-5(8-13-14-9(10)17-8)12-7(16)6-11-3-4-15(6)2/h3-5H,1-2H3,(H2,10,14)(H,12,16). The number of nitrogen functional groups attached to an aromatic ring is 1. The van der Waals surface area contributed by atoms with Gasteiger partial charge in [0.1, 0.15) is 5.01 Å². The van der Waals surface area contributed by atoms with Crippen LogP contribution in [0, 0.1) is 0 Å². The Hall–Kier alpha value is -1.96. The zero-order valence-electron chi connectivity index (χ0n) is 9.41. The van der Waals surface area contributed by atoms with Gasteiger partial charge >= 0.3 is 0 Å². The minimum absolute atomic E-state index is 0.242. The molecule has 0 spiro atoms. The van der Waals surface area contributed by atoms with Crippen molar-refractivity contribution in [1.29, 1.82) is 0 Å². The summed E-state index contributed by atoms with van der Waals surface area (Å²) in [7, 11) is 1.76. The van der Waals surface area contributed by atoms with Gasteiger partial charge in [-0.2, -0.15) is 0 Å². The number of amides is 1. The Morgan fingerprint density at radius 3 is 2.88 bits per heavy atom. The maximum absolute atomic E-state index is 11.8. The number of nitrogens with one attached hydrogen (secondary N) is 1. The summed E-state index contributed by atoms with van der Waals surface area (Å²) in [5.74, 6) is 0.105. The highest BCUT2D eigenvalue weighted by molar-refractivity contribution is 7.15. The molecule has 0 aliphatic rings. The maximum atomic E-state index is 11.8. The lowest BCUT2D eigenvalue weighted by molar-refractivity contribution is 0.0926. The zero-order chi connectivity index (χ0) is 12.4. The second kappa shape index (κ2) is 4.50. The summed E-state index contributed by atoms with van der Waals surface area (Å²) >= 11 is 1.25. The Morgan fingerprint density at radius 2 is 2.35 bits per heavy atom. The lowest BCUT2D eigenvalue weighted by Crippen LogP contribution is -2.28. The van der Waals surface area contributed by atoms with Crippen LogP contribution in [0.25, 0.3) is 0 Å². The van der Waals surface area contributed by atoms with Gasteiger partial charge in [0.05, 0.1) is 6.04 Å². The lowest BCUT2D eigenvalue weighted by Gasteiger charge is -2.09. The quantitative estimate of drug-likeness (QED) is 0.821. The SMILES string of the molecule is CC(NC(=O)c1nccn1C)c1nnc(N)s1. The van der Waals surface area contributed by atoms with Crippen LogP contribution in [0.2, 0.25) is 0 Å². The highest BCUT2D eigenvalue weighted by Crippen LogP contribution is 2.18. The van der Waals surface area contributed by atoms with Crippen LogP contribution >= 0.6 is 11.3 Å². The third kappa shape index (κ3) is 2.41. The molecule has 2 aromatic heterocycles. The predicted octanol–water partition coefficient (Wildman–Crippen LogP) is 0.345. The molecule has 2 aromatic rings. The smallest absolute Gasteiger partial charge is 0.287 e. The van der Waals surface area contributed by atoms with Crippen LogP contribution in [0.1, 0.15) is 28.6 Å². The number of nitrogens with zero attached hydrogens (tertiary/aromatic N) is 4. The summed E-state index contributed by atoms with van der Waals surface area (Å²) < 4.78 is 1.65. The summed E-state index contributed by atoms with van der Waals surface area (Å²) in [5.41, 5.74) is 5.48. The van der Waals surface area contributed by atoms with Gasteiger partial charge in [0, 0.05) is 19.4 Å². The van der Waals surface area contributed by atoms with Crippen LogP contribution < -0.4 is 11.1 Å². The van der Waals surface area contributed by atoms with Crippen molar-refractivity contribution >= 4 is 22.4 Å². The van der Waals surface area contributed by atoms with Crippen molar-refractivity contribution < 1.29 is 4.79 Å². The van der Waals surface area contributed by atoms with Crippen molar-refractivity contribution in [3.05, 3.63) is 23.2 Å². The van der Waals surface area contributed by atoms with Crippen molar-refractivity contribution in [2.75, 3.05) is 5.73 Å². The molecule has 3 N–H and O–H groups in total. The minimum Gasteiger partial charge on any atom is -0.374 e. The van der Waals surface area contributed by atoms with E-state index in [1.165, 1.54) is 11.3 Å². The van der Waals surface area contributed by atoms with Gasteiger partial charge in [0.2, 0.25) is 5.13 Å². The van der Waals surface area contributed by atoms with Crippen molar-refractivity contribution in [2.24, 2.45) is 7.05 Å². The average molecular weight is 252 g/mol. The third-order valence-corrected chi connectivity index (χ3v) is 3.13. The summed E-state index contributed by atoms with van der Waals surface area (Å²) in [6, 6.07) is -0.242. The first-order valence-electron chi connectivity index (χ1n) is 4.95. The number of aryl methyl sites for hydroxylation is 1. The second-order valence-corrected chi connectivity index (χ2v) is 4.58. The first-order valence-corrected chi connectivity index (χ1v) is 5.76. The first kappa shape index (κ1) is 11.5. The summed E-state index contributed by atoms with van der Waals surface area (Å²) in [6.45, 7) is 1.82. The molecule has 17 heavy (non-hydrogen) atoms. The van der Waals surface area contributed by atoms with E-state index >= 15 is 0 Å². The van der Waals surface area contributed by atoms with Crippen LogP contribution in [-0.2, 0) is 7.05 Å². The monoisotopic (exact) mass is 252 g/mol. The molecule has 1 amide bonds. The second-order valence-electron chi connectivity index (χ2n) is 3.54. The Labute approximate surface area is 102 Å². The molecule has 0 fully saturated rings. The molecule has 0 aromatic carbocycles. The highest BCUT2D eigenvalue weighted by Gasteiger charge is 2.17. The summed E-state index contributed by atoms with van der Waals surface area (Å²) in [5, 5.41) is 11.4. The maximum Gasteiger partial charge on any atom is 0.287 e. The van der Waals surface area contributed by atoms with E-state index in [0.717, 1.165) is 0 Å². The van der Waals surface area contributed by atoms with E-state index in [1.807, 2.05) is 6.92 Å². The average Bonchev–Trinajstić information content (AvgIpc) is 2.86. The molecule has 0 saturated carbocycles. The fraction of sp³-hybridized carbons (Fsp3) is 0.333. The van der Waals surface area contributed by atoms with E-state index in [0.29, 0.717) is 16.0 Å². The van der Waals surface area contributed by atoms with Crippen molar-refractivity contribution in [2.45, 2.75) is 13.0 Å². The van der Waals surface area contributed by atoms with Gasteiger partial charge < -0.3 is 15.6 Å². The van der Waals surface area contributed by atoms with E-state index < -0.39 is 0 Å². The molecule has 2 heterocycles. The highest BCUT2D eigenvalue weighted by atomic mass is 32.1. The Kier molecular flexibility index (Phi) is 3.05. The first-order chi connectivity index (χ1) is 8.08. The molecule has 0 bridgehead atoms. The van der Waals surface area contributed by atoms with Gasteiger partial charge in [0.25, 0.3) is 5.91 Å². The van der Waals surface area contributed by atoms with E-state index in [-0.39, 0.29) is 11.9 Å². The Morgan fingerprint density at radius 1 is 1.59 bits per heavy atom. The topological polar surface area (TPSA) is 98.7 Å². The number of rotatable bonds is 3. The molecule has 2 rings (SSSR count). The summed E-state index contributed by atoms with van der Waals surface area (Å²) in [4.78, 5) is 15.8. The van der Waals surface area contributed by atoms with E-state index in [9.17, 15) is 4.79 Å². The molecule has 7 nitrogen and oxygen atoms in total. The number of nitrogens with two attached hydrogens (primary N) is 1. The van der Waals surface area contributed by atoms with Crippen molar-refractivity contribution in [1.82, 2.24) is 25.1 Å². The van der Waals surface area contributed by atoms with Crippen molar-refractivity contribution in [3.63, 3.8) is 0 Å². The normalized spacial score (nSPS) is 12.4. The van der Waals surface area contributed by atoms with E-state index in [1.54, 1.807) is 24.0 Å². The zero-order valence-corrected chi connectivity index (χ0v) is 10.2. The molecule has 90 valence electrons. The number of aromatic nitrogens is 4. The number of carbonyl (C=O) groups excluding carboxylic acids is 1.